The minimum absolute atomic E-state index is 0.170. The lowest BCUT2D eigenvalue weighted by Gasteiger charge is -2.36. The highest BCUT2D eigenvalue weighted by Gasteiger charge is 2.26. The first-order chi connectivity index (χ1) is 11.7. The molecule has 2 saturated heterocycles. The Morgan fingerprint density at radius 2 is 1.83 bits per heavy atom. The summed E-state index contributed by atoms with van der Waals surface area (Å²) in [6.45, 7) is 8.10. The molecule has 2 fully saturated rings. The molecule has 2 aliphatic rings. The molecule has 4 heteroatoms. The van der Waals surface area contributed by atoms with Gasteiger partial charge in [-0.2, -0.15) is 0 Å². The van der Waals surface area contributed by atoms with Crippen LogP contribution in [0.15, 0.2) is 24.3 Å². The van der Waals surface area contributed by atoms with E-state index in [-0.39, 0.29) is 5.91 Å². The van der Waals surface area contributed by atoms with Gasteiger partial charge in [-0.05, 0) is 63.2 Å². The Hall–Kier alpha value is -1.39. The SMILES string of the molecule is Cc1ccccc1CCNC(=O)CN1CCC(N2CCCC2)CC1. The Labute approximate surface area is 146 Å². The summed E-state index contributed by atoms with van der Waals surface area (Å²) < 4.78 is 0. The van der Waals surface area contributed by atoms with Gasteiger partial charge in [-0.3, -0.25) is 9.69 Å². The van der Waals surface area contributed by atoms with E-state index in [0.29, 0.717) is 6.54 Å². The van der Waals surface area contributed by atoms with Gasteiger partial charge in [-0.25, -0.2) is 0 Å². The second kappa shape index (κ2) is 8.63. The van der Waals surface area contributed by atoms with E-state index in [4.69, 9.17) is 0 Å². The van der Waals surface area contributed by atoms with Crippen molar-refractivity contribution < 1.29 is 4.79 Å². The molecule has 0 unspecified atom stereocenters. The minimum Gasteiger partial charge on any atom is -0.355 e. The quantitative estimate of drug-likeness (QED) is 0.869. The van der Waals surface area contributed by atoms with Gasteiger partial charge in [0.15, 0.2) is 0 Å². The second-order valence-electron chi connectivity index (χ2n) is 7.28. The van der Waals surface area contributed by atoms with E-state index in [1.165, 1.54) is 49.9 Å². The molecule has 1 N–H and O–H groups in total. The molecule has 1 aromatic rings. The van der Waals surface area contributed by atoms with Gasteiger partial charge in [0.05, 0.1) is 6.54 Å². The average Bonchev–Trinajstić information content (AvgIpc) is 3.12. The Balaban J connectivity index is 1.33. The summed E-state index contributed by atoms with van der Waals surface area (Å²) in [4.78, 5) is 17.1. The molecule has 1 aromatic carbocycles. The number of nitrogens with zero attached hydrogens (tertiary/aromatic N) is 2. The molecular formula is C20H31N3O. The Bertz CT molecular complexity index is 531. The third-order valence-electron chi connectivity index (χ3n) is 5.56. The molecule has 0 bridgehead atoms. The number of hydrogen-bond acceptors (Lipinski definition) is 3. The number of aryl methyl sites for hydroxylation is 1. The number of nitrogens with one attached hydrogen (secondary N) is 1. The van der Waals surface area contributed by atoms with Crippen LogP contribution in [0.25, 0.3) is 0 Å². The van der Waals surface area contributed by atoms with Crippen molar-refractivity contribution in [1.29, 1.82) is 0 Å². The largest absolute Gasteiger partial charge is 0.355 e. The predicted octanol–water partition coefficient (Wildman–Crippen LogP) is 2.21. The molecule has 0 saturated carbocycles. The number of carbonyl (C=O) groups is 1. The molecule has 132 valence electrons. The van der Waals surface area contributed by atoms with Crippen molar-refractivity contribution in [3.8, 4) is 0 Å². The van der Waals surface area contributed by atoms with Gasteiger partial charge in [0.25, 0.3) is 0 Å². The molecule has 0 spiro atoms. The third-order valence-corrected chi connectivity index (χ3v) is 5.56. The standard InChI is InChI=1S/C20H31N3O/c1-17-6-2-3-7-18(17)8-11-21-20(24)16-22-14-9-19(10-15-22)23-12-4-5-13-23/h2-3,6-7,19H,4-5,8-16H2,1H3,(H,21,24). The van der Waals surface area contributed by atoms with E-state index in [1.54, 1.807) is 0 Å². The van der Waals surface area contributed by atoms with Crippen LogP contribution in [0, 0.1) is 6.92 Å². The fourth-order valence-electron chi connectivity index (χ4n) is 4.04. The van der Waals surface area contributed by atoms with E-state index < -0.39 is 0 Å². The average molecular weight is 329 g/mol. The summed E-state index contributed by atoms with van der Waals surface area (Å²) in [6, 6.07) is 9.15. The zero-order chi connectivity index (χ0) is 16.8. The van der Waals surface area contributed by atoms with Crippen LogP contribution in [0.2, 0.25) is 0 Å². The molecule has 2 aliphatic heterocycles. The van der Waals surface area contributed by atoms with Crippen molar-refractivity contribution in [3.05, 3.63) is 35.4 Å². The van der Waals surface area contributed by atoms with E-state index in [9.17, 15) is 4.79 Å². The molecule has 3 rings (SSSR count). The van der Waals surface area contributed by atoms with Crippen molar-refractivity contribution in [3.63, 3.8) is 0 Å². The molecule has 0 radical (unpaired) electrons. The highest BCUT2D eigenvalue weighted by molar-refractivity contribution is 5.78. The van der Waals surface area contributed by atoms with Gasteiger partial charge in [0.2, 0.25) is 5.91 Å². The van der Waals surface area contributed by atoms with Crippen molar-refractivity contribution >= 4 is 5.91 Å². The van der Waals surface area contributed by atoms with Crippen LogP contribution in [0.4, 0.5) is 0 Å². The Morgan fingerprint density at radius 3 is 2.54 bits per heavy atom. The summed E-state index contributed by atoms with van der Waals surface area (Å²) in [7, 11) is 0. The predicted molar refractivity (Wildman–Crippen MR) is 98.2 cm³/mol. The number of hydrogen-bond donors (Lipinski definition) is 1. The molecule has 4 nitrogen and oxygen atoms in total. The monoisotopic (exact) mass is 329 g/mol. The van der Waals surface area contributed by atoms with E-state index in [0.717, 1.165) is 32.1 Å². The Kier molecular flexibility index (Phi) is 6.27. The van der Waals surface area contributed by atoms with Crippen molar-refractivity contribution in [2.45, 2.75) is 45.1 Å². The van der Waals surface area contributed by atoms with Gasteiger partial charge < -0.3 is 10.2 Å². The normalized spacial score (nSPS) is 20.4. The summed E-state index contributed by atoms with van der Waals surface area (Å²) in [5, 5.41) is 3.08. The zero-order valence-electron chi connectivity index (χ0n) is 15.0. The van der Waals surface area contributed by atoms with Crippen LogP contribution in [-0.2, 0) is 11.2 Å². The fraction of sp³-hybridized carbons (Fsp3) is 0.650. The van der Waals surface area contributed by atoms with Crippen molar-refractivity contribution in [2.24, 2.45) is 0 Å². The smallest absolute Gasteiger partial charge is 0.234 e. The second-order valence-corrected chi connectivity index (χ2v) is 7.28. The topological polar surface area (TPSA) is 35.6 Å². The van der Waals surface area contributed by atoms with Gasteiger partial charge in [0.1, 0.15) is 0 Å². The molecule has 0 aromatic heterocycles. The summed E-state index contributed by atoms with van der Waals surface area (Å²) >= 11 is 0. The number of piperidine rings is 1. The lowest BCUT2D eigenvalue weighted by atomic mass is 10.0. The summed E-state index contributed by atoms with van der Waals surface area (Å²) in [5.74, 6) is 0.170. The van der Waals surface area contributed by atoms with Crippen molar-refractivity contribution in [1.82, 2.24) is 15.1 Å². The maximum atomic E-state index is 12.2. The summed E-state index contributed by atoms with van der Waals surface area (Å²) in [6.07, 6.45) is 6.08. The van der Waals surface area contributed by atoms with E-state index >= 15 is 0 Å². The van der Waals surface area contributed by atoms with Gasteiger partial charge in [-0.15, -0.1) is 0 Å². The Morgan fingerprint density at radius 1 is 1.12 bits per heavy atom. The number of likely N-dealkylation sites (tertiary alicyclic amines) is 2. The molecule has 0 aliphatic carbocycles. The van der Waals surface area contributed by atoms with Gasteiger partial charge in [-0.1, -0.05) is 24.3 Å². The third kappa shape index (κ3) is 4.81. The van der Waals surface area contributed by atoms with Crippen LogP contribution in [0.3, 0.4) is 0 Å². The maximum Gasteiger partial charge on any atom is 0.234 e. The molecule has 2 heterocycles. The molecule has 0 atom stereocenters. The van der Waals surface area contributed by atoms with E-state index in [1.807, 2.05) is 0 Å². The number of amides is 1. The van der Waals surface area contributed by atoms with Crippen LogP contribution in [-0.4, -0.2) is 61.0 Å². The fourth-order valence-corrected chi connectivity index (χ4v) is 4.04. The minimum atomic E-state index is 0.170. The van der Waals surface area contributed by atoms with Crippen LogP contribution in [0.1, 0.15) is 36.8 Å². The van der Waals surface area contributed by atoms with Crippen LogP contribution in [0.5, 0.6) is 0 Å². The van der Waals surface area contributed by atoms with Crippen LogP contribution < -0.4 is 5.32 Å². The van der Waals surface area contributed by atoms with Crippen molar-refractivity contribution in [2.75, 3.05) is 39.3 Å². The number of carbonyl (C=O) groups excluding carboxylic acids is 1. The first-order valence-corrected chi connectivity index (χ1v) is 9.50. The number of benzene rings is 1. The molecule has 1 amide bonds. The van der Waals surface area contributed by atoms with Gasteiger partial charge in [0, 0.05) is 25.7 Å². The zero-order valence-corrected chi connectivity index (χ0v) is 15.0. The first kappa shape index (κ1) is 17.4. The highest BCUT2D eigenvalue weighted by Crippen LogP contribution is 2.20. The highest BCUT2D eigenvalue weighted by atomic mass is 16.2. The maximum absolute atomic E-state index is 12.2. The molecule has 24 heavy (non-hydrogen) atoms. The van der Waals surface area contributed by atoms with Crippen LogP contribution >= 0.6 is 0 Å². The first-order valence-electron chi connectivity index (χ1n) is 9.50. The van der Waals surface area contributed by atoms with Gasteiger partial charge >= 0.3 is 0 Å². The lowest BCUT2D eigenvalue weighted by molar-refractivity contribution is -0.122. The molecular weight excluding hydrogens is 298 g/mol. The number of rotatable bonds is 6. The van der Waals surface area contributed by atoms with E-state index in [2.05, 4.69) is 46.3 Å². The summed E-state index contributed by atoms with van der Waals surface area (Å²) in [5.41, 5.74) is 2.62. The lowest BCUT2D eigenvalue weighted by Crippen LogP contribution is -2.47.